The zero-order valence-corrected chi connectivity index (χ0v) is 16.2. The van der Waals surface area contributed by atoms with Crippen LogP contribution in [0.15, 0.2) is 72.8 Å². The summed E-state index contributed by atoms with van der Waals surface area (Å²) in [6.45, 7) is 9.36. The van der Waals surface area contributed by atoms with Crippen LogP contribution in [0.4, 0.5) is 0 Å². The van der Waals surface area contributed by atoms with Crippen molar-refractivity contribution in [3.63, 3.8) is 0 Å². The van der Waals surface area contributed by atoms with E-state index in [2.05, 4.69) is 86.6 Å². The first-order chi connectivity index (χ1) is 13.2. The van der Waals surface area contributed by atoms with E-state index in [4.69, 9.17) is 0 Å². The van der Waals surface area contributed by atoms with E-state index in [1.807, 2.05) is 0 Å². The maximum absolute atomic E-state index is 2.45. The molecule has 0 amide bonds. The van der Waals surface area contributed by atoms with Crippen LogP contribution in [-0.4, -0.2) is 17.6 Å². The third kappa shape index (κ3) is 2.49. The fraction of sp³-hybridized carbons (Fsp3) is 0.231. The monoisotopic (exact) mass is 352 g/mol. The molecule has 1 aliphatic rings. The molecule has 0 unspecified atom stereocenters. The molecule has 0 atom stereocenters. The van der Waals surface area contributed by atoms with Crippen LogP contribution >= 0.6 is 0 Å². The predicted molar refractivity (Wildman–Crippen MR) is 116 cm³/mol. The second kappa shape index (κ2) is 6.21. The summed E-state index contributed by atoms with van der Waals surface area (Å²) in [5, 5.41) is 5.43. The smallest absolute Gasteiger partial charge is 0.106 e. The molecular formula is C26H26N+. The fourth-order valence-electron chi connectivity index (χ4n) is 4.94. The summed E-state index contributed by atoms with van der Waals surface area (Å²) in [5.74, 6) is 0. The van der Waals surface area contributed by atoms with Gasteiger partial charge >= 0.3 is 0 Å². The lowest BCUT2D eigenvalue weighted by Crippen LogP contribution is -2.42. The molecule has 5 rings (SSSR count). The van der Waals surface area contributed by atoms with Gasteiger partial charge in [0.25, 0.3) is 0 Å². The highest BCUT2D eigenvalue weighted by atomic mass is 15.4. The Morgan fingerprint density at radius 3 is 2.15 bits per heavy atom. The fourth-order valence-corrected chi connectivity index (χ4v) is 4.94. The topological polar surface area (TPSA) is 0 Å². The molecule has 0 radical (unpaired) electrons. The molecule has 0 bridgehead atoms. The Morgan fingerprint density at radius 1 is 0.704 bits per heavy atom. The molecule has 0 aliphatic carbocycles. The van der Waals surface area contributed by atoms with Crippen molar-refractivity contribution in [2.24, 2.45) is 0 Å². The average Bonchev–Trinajstić information content (AvgIpc) is 3.10. The molecular weight excluding hydrogens is 326 g/mol. The molecule has 0 saturated carbocycles. The zero-order chi connectivity index (χ0) is 18.4. The van der Waals surface area contributed by atoms with Crippen LogP contribution in [0.3, 0.4) is 0 Å². The number of nitrogens with zero attached hydrogens (tertiary/aromatic N) is 1. The maximum atomic E-state index is 2.45. The van der Waals surface area contributed by atoms with E-state index in [0.717, 1.165) is 13.1 Å². The molecule has 1 heteroatoms. The van der Waals surface area contributed by atoms with Gasteiger partial charge in [0.1, 0.15) is 13.1 Å². The number of rotatable bonds is 3. The van der Waals surface area contributed by atoms with Gasteiger partial charge in [-0.05, 0) is 52.6 Å². The summed E-state index contributed by atoms with van der Waals surface area (Å²) < 4.78 is 1.17. The van der Waals surface area contributed by atoms with E-state index in [1.165, 1.54) is 50.2 Å². The average molecular weight is 353 g/mol. The highest BCUT2D eigenvalue weighted by molar-refractivity contribution is 6.07. The minimum Gasteiger partial charge on any atom is -0.317 e. The van der Waals surface area contributed by atoms with Gasteiger partial charge in [-0.15, -0.1) is 0 Å². The van der Waals surface area contributed by atoms with Crippen LogP contribution in [0.2, 0.25) is 0 Å². The van der Waals surface area contributed by atoms with Gasteiger partial charge in [0, 0.05) is 11.1 Å². The van der Waals surface area contributed by atoms with Crippen LogP contribution < -0.4 is 0 Å². The van der Waals surface area contributed by atoms with Crippen LogP contribution in [-0.2, 0) is 13.1 Å². The molecule has 0 aromatic heterocycles. The van der Waals surface area contributed by atoms with Crippen LogP contribution in [0, 0.1) is 0 Å². The Hall–Kier alpha value is -2.64. The normalized spacial score (nSPS) is 15.3. The summed E-state index contributed by atoms with van der Waals surface area (Å²) in [6.07, 6.45) is 0. The first-order valence-electron chi connectivity index (χ1n) is 10.1. The minimum atomic E-state index is 1.14. The van der Waals surface area contributed by atoms with E-state index in [-0.39, 0.29) is 0 Å². The van der Waals surface area contributed by atoms with Gasteiger partial charge < -0.3 is 4.48 Å². The van der Waals surface area contributed by atoms with E-state index in [9.17, 15) is 0 Å². The Bertz CT molecular complexity index is 1150. The van der Waals surface area contributed by atoms with Crippen molar-refractivity contribution < 1.29 is 4.48 Å². The quantitative estimate of drug-likeness (QED) is 0.368. The number of fused-ring (bicyclic) bond motifs is 3. The van der Waals surface area contributed by atoms with Crippen molar-refractivity contribution in [3.05, 3.63) is 83.9 Å². The summed E-state index contributed by atoms with van der Waals surface area (Å²) >= 11 is 0. The first kappa shape index (κ1) is 16.5. The summed E-state index contributed by atoms with van der Waals surface area (Å²) in [6, 6.07) is 26.9. The van der Waals surface area contributed by atoms with Crippen molar-refractivity contribution >= 4 is 21.5 Å². The van der Waals surface area contributed by atoms with Crippen LogP contribution in [0.25, 0.3) is 32.7 Å². The second-order valence-electron chi connectivity index (χ2n) is 7.93. The Kier molecular flexibility index (Phi) is 3.80. The van der Waals surface area contributed by atoms with Crippen molar-refractivity contribution in [2.45, 2.75) is 26.9 Å². The van der Waals surface area contributed by atoms with E-state index >= 15 is 0 Å². The van der Waals surface area contributed by atoms with Gasteiger partial charge in [-0.3, -0.25) is 0 Å². The molecule has 1 heterocycles. The minimum absolute atomic E-state index is 1.14. The van der Waals surface area contributed by atoms with Gasteiger partial charge in [0.15, 0.2) is 0 Å². The predicted octanol–water partition coefficient (Wildman–Crippen LogP) is 6.53. The molecule has 134 valence electrons. The molecule has 1 aliphatic heterocycles. The first-order valence-corrected chi connectivity index (χ1v) is 10.1. The number of quaternary nitrogens is 1. The Morgan fingerprint density at radius 2 is 1.37 bits per heavy atom. The molecule has 4 aromatic rings. The Balaban J connectivity index is 1.88. The van der Waals surface area contributed by atoms with Crippen LogP contribution in [0.5, 0.6) is 0 Å². The number of benzene rings is 4. The van der Waals surface area contributed by atoms with E-state index in [0.29, 0.717) is 0 Å². The summed E-state index contributed by atoms with van der Waals surface area (Å²) in [5.41, 5.74) is 5.95. The van der Waals surface area contributed by atoms with Gasteiger partial charge in [-0.2, -0.15) is 0 Å². The lowest BCUT2D eigenvalue weighted by molar-refractivity contribution is -0.944. The second-order valence-corrected chi connectivity index (χ2v) is 7.93. The van der Waals surface area contributed by atoms with Crippen molar-refractivity contribution in [1.82, 2.24) is 0 Å². The summed E-state index contributed by atoms with van der Waals surface area (Å²) in [7, 11) is 0. The zero-order valence-electron chi connectivity index (χ0n) is 16.2. The number of hydrogen-bond acceptors (Lipinski definition) is 0. The van der Waals surface area contributed by atoms with Crippen molar-refractivity contribution in [2.75, 3.05) is 13.1 Å². The van der Waals surface area contributed by atoms with Gasteiger partial charge in [0.05, 0.1) is 13.1 Å². The molecule has 1 nitrogen and oxygen atoms in total. The van der Waals surface area contributed by atoms with Crippen molar-refractivity contribution in [3.8, 4) is 11.1 Å². The Labute approximate surface area is 161 Å². The lowest BCUT2D eigenvalue weighted by Gasteiger charge is -2.31. The lowest BCUT2D eigenvalue weighted by atomic mass is 9.88. The molecule has 4 aromatic carbocycles. The molecule has 0 N–H and O–H groups in total. The van der Waals surface area contributed by atoms with Gasteiger partial charge in [0.2, 0.25) is 0 Å². The highest BCUT2D eigenvalue weighted by Gasteiger charge is 2.35. The third-order valence-electron chi connectivity index (χ3n) is 6.65. The highest BCUT2D eigenvalue weighted by Crippen LogP contribution is 2.43. The maximum Gasteiger partial charge on any atom is 0.106 e. The SMILES string of the molecule is CC[N+]1(CC)Cc2cc3ccccc3c(-c3cccc4ccccc34)c2C1. The largest absolute Gasteiger partial charge is 0.317 e. The standard InChI is InChI=1S/C26H26N/c1-3-27(4-2)17-21-16-20-11-6-8-14-23(20)26(25(21)18-27)24-15-9-12-19-10-5-7-13-22(19)24/h5-16H,3-4,17-18H2,1-2H3/q+1. The number of hydrogen-bond donors (Lipinski definition) is 0. The van der Waals surface area contributed by atoms with Crippen LogP contribution in [0.1, 0.15) is 25.0 Å². The summed E-state index contributed by atoms with van der Waals surface area (Å²) in [4.78, 5) is 0. The molecule has 0 fully saturated rings. The van der Waals surface area contributed by atoms with E-state index in [1.54, 1.807) is 11.1 Å². The van der Waals surface area contributed by atoms with E-state index < -0.39 is 0 Å². The molecule has 27 heavy (non-hydrogen) atoms. The third-order valence-corrected chi connectivity index (χ3v) is 6.65. The van der Waals surface area contributed by atoms with Crippen molar-refractivity contribution in [1.29, 1.82) is 0 Å². The van der Waals surface area contributed by atoms with Gasteiger partial charge in [-0.25, -0.2) is 0 Å². The van der Waals surface area contributed by atoms with Gasteiger partial charge in [-0.1, -0.05) is 66.7 Å². The molecule has 0 spiro atoms. The molecule has 0 saturated heterocycles.